The number of hydrogen-bond acceptors (Lipinski definition) is 6. The Morgan fingerprint density at radius 1 is 0.893 bits per heavy atom. The summed E-state index contributed by atoms with van der Waals surface area (Å²) in [6.45, 7) is 3.68. The number of hydrogen-bond donors (Lipinski definition) is 0. The van der Waals surface area contributed by atoms with E-state index in [1.165, 1.54) is 11.1 Å². The Labute approximate surface area is 163 Å². The minimum absolute atomic E-state index is 0.855. The molecule has 1 aliphatic heterocycles. The molecule has 3 aromatic heterocycles. The Bertz CT molecular complexity index is 1110. The maximum atomic E-state index is 4.81. The van der Waals surface area contributed by atoms with Crippen molar-refractivity contribution in [3.63, 3.8) is 0 Å². The zero-order valence-corrected chi connectivity index (χ0v) is 15.7. The van der Waals surface area contributed by atoms with E-state index in [1.54, 1.807) is 10.9 Å². The number of aromatic nitrogens is 5. The molecule has 0 radical (unpaired) electrons. The molecule has 0 aliphatic carbocycles. The quantitative estimate of drug-likeness (QED) is 0.552. The molecule has 1 aliphatic rings. The van der Waals surface area contributed by atoms with Crippen LogP contribution in [0.3, 0.4) is 0 Å². The second kappa shape index (κ2) is 6.92. The average Bonchev–Trinajstić information content (AvgIpc) is 3.20. The van der Waals surface area contributed by atoms with Crippen molar-refractivity contribution >= 4 is 22.4 Å². The normalized spacial score (nSPS) is 14.6. The van der Waals surface area contributed by atoms with E-state index in [1.807, 2.05) is 37.9 Å². The molecule has 1 fully saturated rings. The number of nitrogens with zero attached hydrogens (tertiary/aromatic N) is 7. The fraction of sp³-hybridized carbons (Fsp3) is 0.238. The number of aryl methyl sites for hydroxylation is 1. The van der Waals surface area contributed by atoms with Crippen LogP contribution in [0.4, 0.5) is 11.5 Å². The number of rotatable bonds is 3. The molecule has 0 amide bonds. The van der Waals surface area contributed by atoms with Gasteiger partial charge in [-0.3, -0.25) is 14.6 Å². The van der Waals surface area contributed by atoms with Gasteiger partial charge in [-0.1, -0.05) is 18.2 Å². The van der Waals surface area contributed by atoms with Gasteiger partial charge in [0, 0.05) is 62.3 Å². The monoisotopic (exact) mass is 371 g/mol. The lowest BCUT2D eigenvalue weighted by Crippen LogP contribution is -2.47. The topological polar surface area (TPSA) is 63.0 Å². The molecule has 4 heterocycles. The summed E-state index contributed by atoms with van der Waals surface area (Å²) in [6.07, 6.45) is 9.31. The molecule has 7 heteroatoms. The van der Waals surface area contributed by atoms with Crippen LogP contribution in [0.5, 0.6) is 0 Å². The van der Waals surface area contributed by atoms with Gasteiger partial charge in [0.15, 0.2) is 0 Å². The maximum Gasteiger partial charge on any atom is 0.147 e. The third-order valence-corrected chi connectivity index (χ3v) is 5.19. The molecular weight excluding hydrogens is 350 g/mol. The Kier molecular flexibility index (Phi) is 4.12. The van der Waals surface area contributed by atoms with Crippen LogP contribution >= 0.6 is 0 Å². The highest BCUT2D eigenvalue weighted by Crippen LogP contribution is 2.27. The molecule has 0 unspecified atom stereocenters. The first-order valence-corrected chi connectivity index (χ1v) is 9.43. The molecule has 1 aromatic carbocycles. The molecule has 0 N–H and O–H groups in total. The SMILES string of the molecule is Cn1cc(-c2cncc(N3CCN(c4ccnc5ccccc45)CC3)n2)cn1. The summed E-state index contributed by atoms with van der Waals surface area (Å²) in [5.41, 5.74) is 4.13. The lowest BCUT2D eigenvalue weighted by atomic mass is 10.1. The van der Waals surface area contributed by atoms with Gasteiger partial charge in [0.05, 0.1) is 29.8 Å². The van der Waals surface area contributed by atoms with Gasteiger partial charge in [0.2, 0.25) is 0 Å². The molecule has 4 aromatic rings. The lowest BCUT2D eigenvalue weighted by molar-refractivity contribution is 0.648. The summed E-state index contributed by atoms with van der Waals surface area (Å²) < 4.78 is 1.78. The molecule has 0 spiro atoms. The van der Waals surface area contributed by atoms with E-state index in [-0.39, 0.29) is 0 Å². The predicted molar refractivity (Wildman–Crippen MR) is 110 cm³/mol. The molecule has 0 bridgehead atoms. The summed E-state index contributed by atoms with van der Waals surface area (Å²) >= 11 is 0. The van der Waals surface area contributed by atoms with E-state index < -0.39 is 0 Å². The third kappa shape index (κ3) is 3.05. The average molecular weight is 371 g/mol. The third-order valence-electron chi connectivity index (χ3n) is 5.19. The van der Waals surface area contributed by atoms with Crippen molar-refractivity contribution in [3.8, 4) is 11.3 Å². The molecule has 1 saturated heterocycles. The minimum Gasteiger partial charge on any atom is -0.367 e. The Morgan fingerprint density at radius 3 is 2.54 bits per heavy atom. The highest BCUT2D eigenvalue weighted by molar-refractivity contribution is 5.91. The van der Waals surface area contributed by atoms with Gasteiger partial charge >= 0.3 is 0 Å². The second-order valence-corrected chi connectivity index (χ2v) is 6.99. The maximum absolute atomic E-state index is 4.81. The fourth-order valence-corrected chi connectivity index (χ4v) is 3.73. The van der Waals surface area contributed by atoms with Gasteiger partial charge in [-0.2, -0.15) is 5.10 Å². The van der Waals surface area contributed by atoms with Crippen LogP contribution < -0.4 is 9.80 Å². The molecule has 0 saturated carbocycles. The van der Waals surface area contributed by atoms with Gasteiger partial charge in [-0.25, -0.2) is 4.98 Å². The number of anilines is 2. The zero-order valence-electron chi connectivity index (χ0n) is 15.7. The molecule has 7 nitrogen and oxygen atoms in total. The predicted octanol–water partition coefficient (Wildman–Crippen LogP) is 2.75. The fourth-order valence-electron chi connectivity index (χ4n) is 3.73. The summed E-state index contributed by atoms with van der Waals surface area (Å²) in [5, 5.41) is 5.43. The Hall–Kier alpha value is -3.48. The highest BCUT2D eigenvalue weighted by Gasteiger charge is 2.20. The summed E-state index contributed by atoms with van der Waals surface area (Å²) in [5.74, 6) is 0.917. The van der Waals surface area contributed by atoms with Crippen LogP contribution in [-0.2, 0) is 7.05 Å². The van der Waals surface area contributed by atoms with Crippen molar-refractivity contribution < 1.29 is 0 Å². The highest BCUT2D eigenvalue weighted by atomic mass is 15.3. The van der Waals surface area contributed by atoms with Crippen molar-refractivity contribution in [1.82, 2.24) is 24.7 Å². The van der Waals surface area contributed by atoms with E-state index in [9.17, 15) is 0 Å². The first-order valence-electron chi connectivity index (χ1n) is 9.43. The van der Waals surface area contributed by atoms with Crippen molar-refractivity contribution in [1.29, 1.82) is 0 Å². The Balaban J connectivity index is 1.35. The Morgan fingerprint density at radius 2 is 1.71 bits per heavy atom. The van der Waals surface area contributed by atoms with E-state index in [4.69, 9.17) is 4.98 Å². The van der Waals surface area contributed by atoms with Crippen LogP contribution in [0.25, 0.3) is 22.2 Å². The van der Waals surface area contributed by atoms with Gasteiger partial charge < -0.3 is 9.80 Å². The van der Waals surface area contributed by atoms with Crippen LogP contribution in [0.2, 0.25) is 0 Å². The largest absolute Gasteiger partial charge is 0.367 e. The smallest absolute Gasteiger partial charge is 0.147 e. The number of para-hydroxylation sites is 1. The second-order valence-electron chi connectivity index (χ2n) is 6.99. The van der Waals surface area contributed by atoms with Gasteiger partial charge in [-0.05, 0) is 12.1 Å². The van der Waals surface area contributed by atoms with Crippen molar-refractivity contribution in [2.75, 3.05) is 36.0 Å². The van der Waals surface area contributed by atoms with Crippen LogP contribution in [0.1, 0.15) is 0 Å². The standard InChI is InChI=1S/C21H21N7/c1-26-15-16(12-24-26)19-13-22-14-21(25-19)28-10-8-27(9-11-28)20-6-7-23-18-5-3-2-4-17(18)20/h2-7,12-15H,8-11H2,1H3. The number of piperazine rings is 1. The van der Waals surface area contributed by atoms with Crippen LogP contribution in [-0.4, -0.2) is 50.9 Å². The molecular formula is C21H21N7. The first kappa shape index (κ1) is 16.7. The molecule has 140 valence electrons. The van der Waals surface area contributed by atoms with Crippen molar-refractivity contribution in [2.45, 2.75) is 0 Å². The minimum atomic E-state index is 0.855. The van der Waals surface area contributed by atoms with Crippen LogP contribution in [0.15, 0.2) is 61.3 Å². The molecule has 0 atom stereocenters. The van der Waals surface area contributed by atoms with E-state index in [0.29, 0.717) is 0 Å². The van der Waals surface area contributed by atoms with E-state index >= 15 is 0 Å². The lowest BCUT2D eigenvalue weighted by Gasteiger charge is -2.37. The number of fused-ring (bicyclic) bond motifs is 1. The van der Waals surface area contributed by atoms with E-state index in [0.717, 1.165) is 48.8 Å². The molecule has 28 heavy (non-hydrogen) atoms. The zero-order chi connectivity index (χ0) is 18.9. The van der Waals surface area contributed by atoms with Crippen LogP contribution in [0, 0.1) is 0 Å². The van der Waals surface area contributed by atoms with Gasteiger partial charge in [0.1, 0.15) is 5.82 Å². The van der Waals surface area contributed by atoms with Crippen molar-refractivity contribution in [2.24, 2.45) is 7.05 Å². The molecule has 5 rings (SSSR count). The first-order chi connectivity index (χ1) is 13.8. The van der Waals surface area contributed by atoms with Gasteiger partial charge in [0.25, 0.3) is 0 Å². The summed E-state index contributed by atoms with van der Waals surface area (Å²) in [4.78, 5) is 18.4. The summed E-state index contributed by atoms with van der Waals surface area (Å²) in [7, 11) is 1.91. The van der Waals surface area contributed by atoms with Crippen molar-refractivity contribution in [3.05, 3.63) is 61.3 Å². The number of benzene rings is 1. The number of pyridine rings is 1. The summed E-state index contributed by atoms with van der Waals surface area (Å²) in [6, 6.07) is 10.4. The van der Waals surface area contributed by atoms with Gasteiger partial charge in [-0.15, -0.1) is 0 Å². The van der Waals surface area contributed by atoms with E-state index in [2.05, 4.69) is 49.1 Å².